The lowest BCUT2D eigenvalue weighted by Gasteiger charge is -2.15. The van der Waals surface area contributed by atoms with Gasteiger partial charge in [0, 0.05) is 19.2 Å². The lowest BCUT2D eigenvalue weighted by atomic mass is 9.99. The summed E-state index contributed by atoms with van der Waals surface area (Å²) in [7, 11) is 0. The predicted octanol–water partition coefficient (Wildman–Crippen LogP) is 3.28. The minimum Gasteiger partial charge on any atom is -0.384 e. The van der Waals surface area contributed by atoms with Crippen LogP contribution in [0.3, 0.4) is 0 Å². The van der Waals surface area contributed by atoms with Gasteiger partial charge in [-0.2, -0.15) is 5.10 Å². The van der Waals surface area contributed by atoms with Crippen LogP contribution in [-0.2, 0) is 6.54 Å². The molecule has 1 heterocycles. The standard InChI is InChI=1S/C15H27N3O/c1-4-7-8-13(6-3)12-18-15(19)10-14(11-17-18)16-9-5-2/h10-11,13,16H,4-9,12H2,1-3H3. The Morgan fingerprint density at radius 3 is 2.68 bits per heavy atom. The highest BCUT2D eigenvalue weighted by Crippen LogP contribution is 2.14. The first-order valence-corrected chi connectivity index (χ1v) is 7.52. The molecule has 0 aliphatic rings. The molecule has 0 spiro atoms. The van der Waals surface area contributed by atoms with E-state index in [1.807, 2.05) is 0 Å². The van der Waals surface area contributed by atoms with Gasteiger partial charge in [-0.1, -0.05) is 40.0 Å². The summed E-state index contributed by atoms with van der Waals surface area (Å²) in [6.45, 7) is 8.09. The summed E-state index contributed by atoms with van der Waals surface area (Å²) in [5.41, 5.74) is 0.820. The molecule has 0 aliphatic carbocycles. The monoisotopic (exact) mass is 265 g/mol. The predicted molar refractivity (Wildman–Crippen MR) is 80.6 cm³/mol. The highest BCUT2D eigenvalue weighted by atomic mass is 16.1. The highest BCUT2D eigenvalue weighted by Gasteiger charge is 2.09. The Kier molecular flexibility index (Phi) is 7.23. The van der Waals surface area contributed by atoms with Gasteiger partial charge in [0.05, 0.1) is 11.9 Å². The summed E-state index contributed by atoms with van der Waals surface area (Å²) >= 11 is 0. The van der Waals surface area contributed by atoms with Gasteiger partial charge in [-0.25, -0.2) is 4.68 Å². The number of hydrogen-bond donors (Lipinski definition) is 1. The van der Waals surface area contributed by atoms with Crippen molar-refractivity contribution in [3.8, 4) is 0 Å². The van der Waals surface area contributed by atoms with Crippen molar-refractivity contribution < 1.29 is 0 Å². The number of unbranched alkanes of at least 4 members (excludes halogenated alkanes) is 1. The van der Waals surface area contributed by atoms with Gasteiger partial charge in [0.2, 0.25) is 0 Å². The zero-order valence-corrected chi connectivity index (χ0v) is 12.5. The van der Waals surface area contributed by atoms with Crippen molar-refractivity contribution in [1.29, 1.82) is 0 Å². The molecule has 0 aliphatic heterocycles. The molecular formula is C15H27N3O. The van der Waals surface area contributed by atoms with E-state index < -0.39 is 0 Å². The lowest BCUT2D eigenvalue weighted by molar-refractivity contribution is 0.363. The van der Waals surface area contributed by atoms with E-state index in [4.69, 9.17) is 0 Å². The maximum Gasteiger partial charge on any atom is 0.268 e. The van der Waals surface area contributed by atoms with Crippen molar-refractivity contribution in [3.05, 3.63) is 22.6 Å². The number of hydrogen-bond acceptors (Lipinski definition) is 3. The summed E-state index contributed by atoms with van der Waals surface area (Å²) in [5, 5.41) is 7.46. The van der Waals surface area contributed by atoms with Gasteiger partial charge >= 0.3 is 0 Å². The lowest BCUT2D eigenvalue weighted by Crippen LogP contribution is -2.26. The van der Waals surface area contributed by atoms with E-state index >= 15 is 0 Å². The van der Waals surface area contributed by atoms with Crippen LogP contribution in [0.15, 0.2) is 17.1 Å². The maximum absolute atomic E-state index is 12.0. The summed E-state index contributed by atoms with van der Waals surface area (Å²) in [4.78, 5) is 12.0. The van der Waals surface area contributed by atoms with E-state index in [1.54, 1.807) is 16.9 Å². The third-order valence-electron chi connectivity index (χ3n) is 3.42. The molecular weight excluding hydrogens is 238 g/mol. The molecule has 1 aromatic rings. The van der Waals surface area contributed by atoms with Crippen LogP contribution in [0.1, 0.15) is 52.9 Å². The minimum atomic E-state index is -0.00366. The third kappa shape index (κ3) is 5.45. The van der Waals surface area contributed by atoms with Crippen LogP contribution in [0.25, 0.3) is 0 Å². The Hall–Kier alpha value is -1.32. The molecule has 4 heteroatoms. The average molecular weight is 265 g/mol. The maximum atomic E-state index is 12.0. The Bertz CT molecular complexity index is 414. The van der Waals surface area contributed by atoms with Gasteiger partial charge in [-0.15, -0.1) is 0 Å². The van der Waals surface area contributed by atoms with Crippen LogP contribution in [0.5, 0.6) is 0 Å². The van der Waals surface area contributed by atoms with Crippen LogP contribution in [0, 0.1) is 5.92 Å². The van der Waals surface area contributed by atoms with Gasteiger partial charge in [0.25, 0.3) is 5.56 Å². The third-order valence-corrected chi connectivity index (χ3v) is 3.42. The molecule has 0 amide bonds. The molecule has 1 aromatic heterocycles. The van der Waals surface area contributed by atoms with Gasteiger partial charge < -0.3 is 5.32 Å². The quantitative estimate of drug-likeness (QED) is 0.745. The molecule has 19 heavy (non-hydrogen) atoms. The van der Waals surface area contributed by atoms with Crippen molar-refractivity contribution >= 4 is 5.69 Å². The second-order valence-electron chi connectivity index (χ2n) is 5.11. The zero-order valence-electron chi connectivity index (χ0n) is 12.5. The summed E-state index contributed by atoms with van der Waals surface area (Å²) in [6, 6.07) is 1.65. The first-order valence-electron chi connectivity index (χ1n) is 7.52. The van der Waals surface area contributed by atoms with E-state index in [-0.39, 0.29) is 5.56 Å². The molecule has 0 radical (unpaired) electrons. The number of anilines is 1. The normalized spacial score (nSPS) is 12.4. The Morgan fingerprint density at radius 1 is 1.32 bits per heavy atom. The molecule has 4 nitrogen and oxygen atoms in total. The van der Waals surface area contributed by atoms with E-state index in [0.29, 0.717) is 5.92 Å². The van der Waals surface area contributed by atoms with E-state index in [2.05, 4.69) is 31.2 Å². The van der Waals surface area contributed by atoms with Gasteiger partial charge in [-0.3, -0.25) is 4.79 Å². The number of nitrogens with zero attached hydrogens (tertiary/aromatic N) is 2. The molecule has 108 valence electrons. The summed E-state index contributed by atoms with van der Waals surface area (Å²) < 4.78 is 1.60. The second kappa shape index (κ2) is 8.73. The fraction of sp³-hybridized carbons (Fsp3) is 0.733. The fourth-order valence-corrected chi connectivity index (χ4v) is 2.10. The summed E-state index contributed by atoms with van der Waals surface area (Å²) in [5.74, 6) is 0.555. The van der Waals surface area contributed by atoms with Crippen molar-refractivity contribution in [2.24, 2.45) is 5.92 Å². The largest absolute Gasteiger partial charge is 0.384 e. The molecule has 0 saturated carbocycles. The Morgan fingerprint density at radius 2 is 2.11 bits per heavy atom. The van der Waals surface area contributed by atoms with Crippen LogP contribution >= 0.6 is 0 Å². The van der Waals surface area contributed by atoms with Crippen molar-refractivity contribution in [2.75, 3.05) is 11.9 Å². The molecule has 1 rings (SSSR count). The number of rotatable bonds is 9. The number of nitrogens with one attached hydrogen (secondary N) is 1. The van der Waals surface area contributed by atoms with Gasteiger partial charge in [0.1, 0.15) is 0 Å². The van der Waals surface area contributed by atoms with Crippen LogP contribution < -0.4 is 10.9 Å². The molecule has 0 fully saturated rings. The highest BCUT2D eigenvalue weighted by molar-refractivity contribution is 5.38. The average Bonchev–Trinajstić information content (AvgIpc) is 2.43. The first-order chi connectivity index (χ1) is 9.21. The van der Waals surface area contributed by atoms with E-state index in [1.165, 1.54) is 19.3 Å². The van der Waals surface area contributed by atoms with Crippen molar-refractivity contribution in [3.63, 3.8) is 0 Å². The zero-order chi connectivity index (χ0) is 14.1. The Balaban J connectivity index is 2.65. The molecule has 1 unspecified atom stereocenters. The second-order valence-corrected chi connectivity index (χ2v) is 5.11. The van der Waals surface area contributed by atoms with Crippen LogP contribution in [-0.4, -0.2) is 16.3 Å². The van der Waals surface area contributed by atoms with Crippen LogP contribution in [0.4, 0.5) is 5.69 Å². The first kappa shape index (κ1) is 15.7. The molecule has 0 bridgehead atoms. The molecule has 0 saturated heterocycles. The topological polar surface area (TPSA) is 46.9 Å². The molecule has 1 atom stereocenters. The Labute approximate surface area is 116 Å². The fourth-order valence-electron chi connectivity index (χ4n) is 2.10. The van der Waals surface area contributed by atoms with Crippen molar-refractivity contribution in [1.82, 2.24) is 9.78 Å². The minimum absolute atomic E-state index is 0.00366. The van der Waals surface area contributed by atoms with Gasteiger partial charge in [0.15, 0.2) is 0 Å². The SMILES string of the molecule is CCCCC(CC)Cn1ncc(NCCC)cc1=O. The number of aromatic nitrogens is 2. The molecule has 1 N–H and O–H groups in total. The van der Waals surface area contributed by atoms with Gasteiger partial charge in [-0.05, 0) is 18.8 Å². The summed E-state index contributed by atoms with van der Waals surface area (Å²) in [6.07, 6.45) is 7.50. The van der Waals surface area contributed by atoms with Crippen molar-refractivity contribution in [2.45, 2.75) is 59.4 Å². The van der Waals surface area contributed by atoms with Crippen LogP contribution in [0.2, 0.25) is 0 Å². The van der Waals surface area contributed by atoms with E-state index in [0.717, 1.165) is 31.6 Å². The molecule has 0 aromatic carbocycles. The van der Waals surface area contributed by atoms with E-state index in [9.17, 15) is 4.79 Å². The smallest absolute Gasteiger partial charge is 0.268 e.